The highest BCUT2D eigenvalue weighted by molar-refractivity contribution is 7.18. The number of fused-ring (bicyclic) bond motifs is 1. The zero-order valence-corrected chi connectivity index (χ0v) is 9.78. The van der Waals surface area contributed by atoms with Crippen LogP contribution in [0.2, 0.25) is 0 Å². The van der Waals surface area contributed by atoms with Gasteiger partial charge in [-0.3, -0.25) is 0 Å². The van der Waals surface area contributed by atoms with Crippen LogP contribution in [0.15, 0.2) is 35.2 Å². The molecule has 0 saturated heterocycles. The summed E-state index contributed by atoms with van der Waals surface area (Å²) in [7, 11) is 0. The van der Waals surface area contributed by atoms with Crippen LogP contribution in [0.5, 0.6) is 0 Å². The van der Waals surface area contributed by atoms with Crippen LogP contribution in [0.1, 0.15) is 10.8 Å². The van der Waals surface area contributed by atoms with Crippen LogP contribution in [0, 0.1) is 0 Å². The summed E-state index contributed by atoms with van der Waals surface area (Å²) in [6.07, 6.45) is 1.33. The van der Waals surface area contributed by atoms with Gasteiger partial charge in [-0.25, -0.2) is 4.98 Å². The Morgan fingerprint density at radius 1 is 1.24 bits per heavy atom. The van der Waals surface area contributed by atoms with Crippen molar-refractivity contribution in [1.82, 2.24) is 20.4 Å². The van der Waals surface area contributed by atoms with E-state index in [1.54, 1.807) is 11.3 Å². The molecule has 1 N–H and O–H groups in total. The van der Waals surface area contributed by atoms with Gasteiger partial charge in [0.2, 0.25) is 6.39 Å². The van der Waals surface area contributed by atoms with Gasteiger partial charge < -0.3 is 9.84 Å². The molecule has 2 aromatic heterocycles. The van der Waals surface area contributed by atoms with E-state index < -0.39 is 0 Å². The molecule has 3 aromatic rings. The van der Waals surface area contributed by atoms with Gasteiger partial charge in [-0.05, 0) is 12.1 Å². The van der Waals surface area contributed by atoms with E-state index in [2.05, 4.69) is 31.0 Å². The van der Waals surface area contributed by atoms with Crippen LogP contribution in [0.4, 0.5) is 0 Å². The van der Waals surface area contributed by atoms with Crippen molar-refractivity contribution in [3.8, 4) is 0 Å². The molecule has 2 heterocycles. The van der Waals surface area contributed by atoms with Crippen molar-refractivity contribution in [2.75, 3.05) is 0 Å². The zero-order valence-electron chi connectivity index (χ0n) is 8.96. The highest BCUT2D eigenvalue weighted by Crippen LogP contribution is 2.21. The van der Waals surface area contributed by atoms with Crippen molar-refractivity contribution in [2.45, 2.75) is 13.1 Å². The summed E-state index contributed by atoms with van der Waals surface area (Å²) in [5.74, 6) is 0.658. The molecular formula is C11H10N4OS. The van der Waals surface area contributed by atoms with E-state index in [0.29, 0.717) is 18.9 Å². The van der Waals surface area contributed by atoms with Crippen molar-refractivity contribution in [3.05, 3.63) is 41.5 Å². The summed E-state index contributed by atoms with van der Waals surface area (Å²) in [4.78, 5) is 8.46. The third-order valence-corrected chi connectivity index (χ3v) is 3.34. The Balaban J connectivity index is 1.65. The standard InChI is InChI=1S/C11H10N4OS/c1-2-4-9-8(3-1)14-11(17-9)6-12-5-10-13-7-16-15-10/h1-4,7,12H,5-6H2. The quantitative estimate of drug-likeness (QED) is 0.762. The van der Waals surface area contributed by atoms with E-state index in [0.717, 1.165) is 10.5 Å². The van der Waals surface area contributed by atoms with E-state index >= 15 is 0 Å². The Morgan fingerprint density at radius 3 is 3.00 bits per heavy atom. The maximum atomic E-state index is 4.65. The summed E-state index contributed by atoms with van der Waals surface area (Å²) >= 11 is 1.70. The lowest BCUT2D eigenvalue weighted by atomic mass is 10.3. The van der Waals surface area contributed by atoms with Crippen molar-refractivity contribution >= 4 is 21.6 Å². The largest absolute Gasteiger partial charge is 0.343 e. The van der Waals surface area contributed by atoms with Crippen LogP contribution in [-0.4, -0.2) is 15.1 Å². The molecule has 0 saturated carbocycles. The van der Waals surface area contributed by atoms with Gasteiger partial charge in [0.25, 0.3) is 0 Å². The minimum absolute atomic E-state index is 0.590. The van der Waals surface area contributed by atoms with Gasteiger partial charge >= 0.3 is 0 Å². The van der Waals surface area contributed by atoms with Gasteiger partial charge in [0.15, 0.2) is 5.82 Å². The van der Waals surface area contributed by atoms with Crippen molar-refractivity contribution in [2.24, 2.45) is 0 Å². The number of hydrogen-bond donors (Lipinski definition) is 1. The molecule has 0 fully saturated rings. The highest BCUT2D eigenvalue weighted by Gasteiger charge is 2.03. The Labute approximate surface area is 101 Å². The molecule has 6 heteroatoms. The van der Waals surface area contributed by atoms with Gasteiger partial charge in [-0.15, -0.1) is 11.3 Å². The fraction of sp³-hybridized carbons (Fsp3) is 0.182. The van der Waals surface area contributed by atoms with Crippen LogP contribution in [0.25, 0.3) is 10.2 Å². The van der Waals surface area contributed by atoms with E-state index in [4.69, 9.17) is 0 Å². The van der Waals surface area contributed by atoms with E-state index in [1.165, 1.54) is 11.1 Å². The van der Waals surface area contributed by atoms with Crippen molar-refractivity contribution in [1.29, 1.82) is 0 Å². The summed E-state index contributed by atoms with van der Waals surface area (Å²) in [5, 5.41) is 8.02. The minimum atomic E-state index is 0.590. The van der Waals surface area contributed by atoms with Gasteiger partial charge in [-0.2, -0.15) is 4.98 Å². The molecule has 0 bridgehead atoms. The van der Waals surface area contributed by atoms with E-state index in [1.807, 2.05) is 18.2 Å². The molecule has 0 amide bonds. The average Bonchev–Trinajstić information content (AvgIpc) is 2.96. The highest BCUT2D eigenvalue weighted by atomic mass is 32.1. The molecule has 1 aromatic carbocycles. The van der Waals surface area contributed by atoms with E-state index in [-0.39, 0.29) is 0 Å². The Bertz CT molecular complexity index is 572. The predicted octanol–water partition coefficient (Wildman–Crippen LogP) is 1.97. The summed E-state index contributed by atoms with van der Waals surface area (Å²) in [6.45, 7) is 1.31. The third-order valence-electron chi connectivity index (χ3n) is 2.30. The van der Waals surface area contributed by atoms with Gasteiger partial charge in [0.1, 0.15) is 5.01 Å². The molecule has 5 nitrogen and oxygen atoms in total. The molecule has 17 heavy (non-hydrogen) atoms. The van der Waals surface area contributed by atoms with E-state index in [9.17, 15) is 0 Å². The molecule has 0 radical (unpaired) electrons. The van der Waals surface area contributed by atoms with Crippen LogP contribution in [-0.2, 0) is 13.1 Å². The molecule has 0 spiro atoms. The summed E-state index contributed by atoms with van der Waals surface area (Å²) < 4.78 is 5.86. The zero-order chi connectivity index (χ0) is 11.5. The number of rotatable bonds is 4. The lowest BCUT2D eigenvalue weighted by Gasteiger charge is -1.96. The molecular weight excluding hydrogens is 236 g/mol. The first-order chi connectivity index (χ1) is 8.42. The monoisotopic (exact) mass is 246 g/mol. The second-order valence-corrected chi connectivity index (χ2v) is 4.64. The summed E-state index contributed by atoms with van der Waals surface area (Å²) in [5.41, 5.74) is 1.05. The maximum Gasteiger partial charge on any atom is 0.213 e. The normalized spacial score (nSPS) is 11.1. The second kappa shape index (κ2) is 4.60. The molecule has 0 atom stereocenters. The smallest absolute Gasteiger partial charge is 0.213 e. The number of nitrogens with one attached hydrogen (secondary N) is 1. The first-order valence-corrected chi connectivity index (χ1v) is 6.04. The lowest BCUT2D eigenvalue weighted by molar-refractivity contribution is 0.407. The Morgan fingerprint density at radius 2 is 2.18 bits per heavy atom. The molecule has 0 aliphatic heterocycles. The minimum Gasteiger partial charge on any atom is -0.343 e. The summed E-state index contributed by atoms with van der Waals surface area (Å²) in [6, 6.07) is 8.12. The number of thiazole rings is 1. The molecule has 0 unspecified atom stereocenters. The SMILES string of the molecule is c1ccc2sc(CNCc3ncon3)nc2c1. The average molecular weight is 246 g/mol. The topological polar surface area (TPSA) is 63.8 Å². The lowest BCUT2D eigenvalue weighted by Crippen LogP contribution is -2.13. The second-order valence-electron chi connectivity index (χ2n) is 3.53. The van der Waals surface area contributed by atoms with Crippen LogP contribution < -0.4 is 5.32 Å². The fourth-order valence-corrected chi connectivity index (χ4v) is 2.48. The van der Waals surface area contributed by atoms with Crippen LogP contribution >= 0.6 is 11.3 Å². The molecule has 0 aliphatic rings. The third kappa shape index (κ3) is 2.32. The number of aromatic nitrogens is 3. The van der Waals surface area contributed by atoms with Crippen molar-refractivity contribution < 1.29 is 4.52 Å². The van der Waals surface area contributed by atoms with Gasteiger partial charge in [-0.1, -0.05) is 17.3 Å². The fourth-order valence-electron chi connectivity index (χ4n) is 1.55. The van der Waals surface area contributed by atoms with Crippen molar-refractivity contribution in [3.63, 3.8) is 0 Å². The van der Waals surface area contributed by atoms with Crippen LogP contribution in [0.3, 0.4) is 0 Å². The van der Waals surface area contributed by atoms with Gasteiger partial charge in [0.05, 0.1) is 16.8 Å². The Kier molecular flexibility index (Phi) is 2.81. The Hall–Kier alpha value is -1.79. The number of benzene rings is 1. The predicted molar refractivity (Wildman–Crippen MR) is 64.5 cm³/mol. The molecule has 86 valence electrons. The first-order valence-electron chi connectivity index (χ1n) is 5.22. The maximum absolute atomic E-state index is 4.65. The molecule has 3 rings (SSSR count). The molecule has 0 aliphatic carbocycles. The number of para-hydroxylation sites is 1. The number of nitrogens with zero attached hydrogens (tertiary/aromatic N) is 3. The number of hydrogen-bond acceptors (Lipinski definition) is 6. The first kappa shape index (κ1) is 10.4. The van der Waals surface area contributed by atoms with Gasteiger partial charge in [0, 0.05) is 6.54 Å².